The van der Waals surface area contributed by atoms with Crippen LogP contribution in [0, 0.1) is 0 Å². The van der Waals surface area contributed by atoms with Gasteiger partial charge in [0.05, 0.1) is 17.2 Å². The monoisotopic (exact) mass is 254 g/mol. The molecular formula is C14H14N4O. The largest absolute Gasteiger partial charge is 0.493 e. The second-order valence-electron chi connectivity index (χ2n) is 4.73. The van der Waals surface area contributed by atoms with E-state index in [4.69, 9.17) is 0 Å². The second-order valence-corrected chi connectivity index (χ2v) is 4.73. The zero-order chi connectivity index (χ0) is 13.4. The Balaban J connectivity index is 2.08. The molecule has 0 saturated carbocycles. The molecule has 96 valence electrons. The normalized spacial score (nSPS) is 11.3. The van der Waals surface area contributed by atoms with Gasteiger partial charge in [0.2, 0.25) is 5.88 Å². The van der Waals surface area contributed by atoms with Gasteiger partial charge in [0.15, 0.2) is 0 Å². The molecule has 0 aliphatic carbocycles. The molecule has 0 aliphatic rings. The van der Waals surface area contributed by atoms with Crippen LogP contribution in [0.1, 0.15) is 19.9 Å². The Labute approximate surface area is 110 Å². The van der Waals surface area contributed by atoms with Crippen LogP contribution in [0.15, 0.2) is 36.8 Å². The number of pyridine rings is 2. The summed E-state index contributed by atoms with van der Waals surface area (Å²) in [4.78, 5) is 8.41. The van der Waals surface area contributed by atoms with Gasteiger partial charge in [-0.2, -0.15) is 5.10 Å². The number of aromatic hydroxyl groups is 1. The predicted molar refractivity (Wildman–Crippen MR) is 72.8 cm³/mol. The Hall–Kier alpha value is -2.43. The maximum absolute atomic E-state index is 9.41. The summed E-state index contributed by atoms with van der Waals surface area (Å²) in [6, 6.07) is 5.51. The van der Waals surface area contributed by atoms with Gasteiger partial charge < -0.3 is 5.11 Å². The van der Waals surface area contributed by atoms with Crippen LogP contribution in [0.2, 0.25) is 0 Å². The van der Waals surface area contributed by atoms with Gasteiger partial charge in [-0.1, -0.05) is 0 Å². The van der Waals surface area contributed by atoms with Crippen molar-refractivity contribution in [3.8, 4) is 17.0 Å². The highest BCUT2D eigenvalue weighted by Gasteiger charge is 2.06. The summed E-state index contributed by atoms with van der Waals surface area (Å²) < 4.78 is 1.90. The number of aromatic nitrogens is 4. The molecule has 0 bridgehead atoms. The summed E-state index contributed by atoms with van der Waals surface area (Å²) in [5.41, 5.74) is 3.37. The lowest BCUT2D eigenvalue weighted by Gasteiger charge is -2.03. The average molecular weight is 254 g/mol. The lowest BCUT2D eigenvalue weighted by Crippen LogP contribution is -1.99. The standard InChI is InChI=1S/C14H14N4O/c1-9(2)18-8-11(7-16-18)10-5-13-12(15-6-10)3-4-14(19)17-13/h3-9H,1-2H3,(H,17,19). The van der Waals surface area contributed by atoms with Crippen LogP contribution in [0.4, 0.5) is 0 Å². The van der Waals surface area contributed by atoms with Gasteiger partial charge in [-0.25, -0.2) is 4.98 Å². The van der Waals surface area contributed by atoms with E-state index < -0.39 is 0 Å². The number of nitrogens with zero attached hydrogens (tertiary/aromatic N) is 4. The van der Waals surface area contributed by atoms with Gasteiger partial charge >= 0.3 is 0 Å². The maximum Gasteiger partial charge on any atom is 0.211 e. The molecule has 0 saturated heterocycles. The number of fused-ring (bicyclic) bond motifs is 1. The van der Waals surface area contributed by atoms with Gasteiger partial charge in [0.25, 0.3) is 0 Å². The third kappa shape index (κ3) is 2.14. The molecule has 0 aromatic carbocycles. The molecule has 3 heterocycles. The molecule has 5 nitrogen and oxygen atoms in total. The third-order valence-corrected chi connectivity index (χ3v) is 2.99. The first-order valence-electron chi connectivity index (χ1n) is 6.14. The highest BCUT2D eigenvalue weighted by Crippen LogP contribution is 2.23. The summed E-state index contributed by atoms with van der Waals surface area (Å²) in [5, 5.41) is 13.7. The smallest absolute Gasteiger partial charge is 0.211 e. The summed E-state index contributed by atoms with van der Waals surface area (Å²) in [5.74, 6) is 0.00401. The van der Waals surface area contributed by atoms with Crippen LogP contribution in [-0.2, 0) is 0 Å². The Morgan fingerprint density at radius 3 is 2.68 bits per heavy atom. The third-order valence-electron chi connectivity index (χ3n) is 2.99. The first-order chi connectivity index (χ1) is 9.13. The number of rotatable bonds is 2. The summed E-state index contributed by atoms with van der Waals surface area (Å²) in [6.07, 6.45) is 5.59. The molecule has 0 fully saturated rings. The van der Waals surface area contributed by atoms with Gasteiger partial charge in [0.1, 0.15) is 0 Å². The second kappa shape index (κ2) is 4.35. The Morgan fingerprint density at radius 1 is 1.11 bits per heavy atom. The lowest BCUT2D eigenvalue weighted by atomic mass is 10.1. The average Bonchev–Trinajstić information content (AvgIpc) is 2.87. The zero-order valence-corrected chi connectivity index (χ0v) is 10.8. The van der Waals surface area contributed by atoms with Crippen molar-refractivity contribution in [2.24, 2.45) is 0 Å². The van der Waals surface area contributed by atoms with Crippen molar-refractivity contribution in [3.05, 3.63) is 36.8 Å². The van der Waals surface area contributed by atoms with Crippen molar-refractivity contribution in [1.82, 2.24) is 19.7 Å². The molecule has 0 aliphatic heterocycles. The minimum atomic E-state index is 0.00401. The minimum absolute atomic E-state index is 0.00401. The molecule has 3 aromatic rings. The van der Waals surface area contributed by atoms with Gasteiger partial charge in [0, 0.05) is 35.6 Å². The van der Waals surface area contributed by atoms with E-state index in [9.17, 15) is 5.11 Å². The van der Waals surface area contributed by atoms with E-state index in [-0.39, 0.29) is 5.88 Å². The fraction of sp³-hybridized carbons (Fsp3) is 0.214. The van der Waals surface area contributed by atoms with E-state index in [1.165, 1.54) is 6.07 Å². The van der Waals surface area contributed by atoms with Crippen molar-refractivity contribution in [2.75, 3.05) is 0 Å². The fourth-order valence-electron chi connectivity index (χ4n) is 1.92. The van der Waals surface area contributed by atoms with E-state index >= 15 is 0 Å². The molecule has 0 unspecified atom stereocenters. The number of hydrogen-bond donors (Lipinski definition) is 1. The van der Waals surface area contributed by atoms with Gasteiger partial charge in [-0.15, -0.1) is 0 Å². The topological polar surface area (TPSA) is 63.8 Å². The van der Waals surface area contributed by atoms with Crippen molar-refractivity contribution in [3.63, 3.8) is 0 Å². The molecule has 0 atom stereocenters. The highest BCUT2D eigenvalue weighted by atomic mass is 16.3. The van der Waals surface area contributed by atoms with Crippen LogP contribution in [-0.4, -0.2) is 24.9 Å². The van der Waals surface area contributed by atoms with Crippen molar-refractivity contribution < 1.29 is 5.11 Å². The Morgan fingerprint density at radius 2 is 1.95 bits per heavy atom. The number of hydrogen-bond acceptors (Lipinski definition) is 4. The molecule has 3 aromatic heterocycles. The Kier molecular flexibility index (Phi) is 2.67. The SMILES string of the molecule is CC(C)n1cc(-c2cnc3ccc(O)nc3c2)cn1. The molecule has 3 rings (SSSR count). The molecule has 5 heteroatoms. The quantitative estimate of drug-likeness (QED) is 0.763. The molecule has 0 spiro atoms. The summed E-state index contributed by atoms with van der Waals surface area (Å²) in [7, 11) is 0. The van der Waals surface area contributed by atoms with Crippen molar-refractivity contribution in [1.29, 1.82) is 0 Å². The molecule has 19 heavy (non-hydrogen) atoms. The van der Waals surface area contributed by atoms with Crippen molar-refractivity contribution >= 4 is 11.0 Å². The Bertz CT molecular complexity index is 733. The van der Waals surface area contributed by atoms with E-state index in [2.05, 4.69) is 28.9 Å². The van der Waals surface area contributed by atoms with E-state index in [0.717, 1.165) is 16.6 Å². The first-order valence-corrected chi connectivity index (χ1v) is 6.14. The maximum atomic E-state index is 9.41. The zero-order valence-electron chi connectivity index (χ0n) is 10.8. The van der Waals surface area contributed by atoms with E-state index in [1.807, 2.05) is 23.1 Å². The lowest BCUT2D eigenvalue weighted by molar-refractivity contribution is 0.456. The molecule has 0 amide bonds. The fourth-order valence-corrected chi connectivity index (χ4v) is 1.92. The predicted octanol–water partition coefficient (Wildman–Crippen LogP) is 2.78. The van der Waals surface area contributed by atoms with Crippen LogP contribution in [0.5, 0.6) is 5.88 Å². The minimum Gasteiger partial charge on any atom is -0.493 e. The van der Waals surface area contributed by atoms with E-state index in [1.54, 1.807) is 12.3 Å². The molecular weight excluding hydrogens is 240 g/mol. The van der Waals surface area contributed by atoms with Crippen molar-refractivity contribution in [2.45, 2.75) is 19.9 Å². The molecule has 1 N–H and O–H groups in total. The van der Waals surface area contributed by atoms with Gasteiger partial charge in [-0.3, -0.25) is 9.67 Å². The summed E-state index contributed by atoms with van der Waals surface area (Å²) in [6.45, 7) is 4.16. The van der Waals surface area contributed by atoms with Crippen LogP contribution >= 0.6 is 0 Å². The highest BCUT2D eigenvalue weighted by molar-refractivity contribution is 5.80. The van der Waals surface area contributed by atoms with Crippen LogP contribution in [0.3, 0.4) is 0 Å². The van der Waals surface area contributed by atoms with Gasteiger partial charge in [-0.05, 0) is 26.0 Å². The van der Waals surface area contributed by atoms with E-state index in [0.29, 0.717) is 11.6 Å². The first kappa shape index (κ1) is 11.6. The molecule has 0 radical (unpaired) electrons. The van der Waals surface area contributed by atoms with Crippen LogP contribution < -0.4 is 0 Å². The summed E-state index contributed by atoms with van der Waals surface area (Å²) >= 11 is 0. The van der Waals surface area contributed by atoms with Crippen LogP contribution in [0.25, 0.3) is 22.2 Å².